The quantitative estimate of drug-likeness (QED) is 0.313. The number of ether oxygens (including phenoxy) is 1. The summed E-state index contributed by atoms with van der Waals surface area (Å²) in [7, 11) is 0. The Morgan fingerprint density at radius 1 is 1.19 bits per heavy atom. The molecule has 0 N–H and O–H groups in total. The van der Waals surface area contributed by atoms with E-state index >= 15 is 0 Å². The van der Waals surface area contributed by atoms with Gasteiger partial charge < -0.3 is 9.14 Å². The van der Waals surface area contributed by atoms with Crippen molar-refractivity contribution in [3.05, 3.63) is 56.6 Å². The first-order valence-corrected chi connectivity index (χ1v) is 13.2. The molecule has 0 radical (unpaired) electrons. The smallest absolute Gasteiger partial charge is 0.263 e. The summed E-state index contributed by atoms with van der Waals surface area (Å²) in [5.41, 5.74) is 4.50. The van der Waals surface area contributed by atoms with Gasteiger partial charge in [-0.15, -0.1) is 11.3 Å². The molecule has 6 nitrogen and oxygen atoms in total. The number of thiophene rings is 1. The number of thioether (sulfide) groups is 1. The molecule has 8 heteroatoms. The van der Waals surface area contributed by atoms with Gasteiger partial charge in [0, 0.05) is 29.6 Å². The number of nitrogens with zero attached hydrogens (tertiary/aromatic N) is 4. The molecule has 2 aliphatic rings. The summed E-state index contributed by atoms with van der Waals surface area (Å²) in [6, 6.07) is 4.11. The lowest BCUT2D eigenvalue weighted by Crippen LogP contribution is -2.29. The second-order valence-corrected chi connectivity index (χ2v) is 10.9. The van der Waals surface area contributed by atoms with E-state index in [1.807, 2.05) is 10.6 Å². The van der Waals surface area contributed by atoms with Gasteiger partial charge in [-0.05, 0) is 62.6 Å². The van der Waals surface area contributed by atoms with Crippen molar-refractivity contribution in [2.75, 3.05) is 6.61 Å². The van der Waals surface area contributed by atoms with Crippen LogP contribution in [0.1, 0.15) is 47.4 Å². The fourth-order valence-corrected chi connectivity index (χ4v) is 7.04. The molecular weight excluding hydrogens is 440 g/mol. The number of imidazole rings is 1. The van der Waals surface area contributed by atoms with Crippen LogP contribution >= 0.6 is 23.1 Å². The molecule has 5 heterocycles. The lowest BCUT2D eigenvalue weighted by molar-refractivity contribution is 0.0937. The molecular formula is C24H26N4O2S2. The average molecular weight is 467 g/mol. The Morgan fingerprint density at radius 2 is 2.09 bits per heavy atom. The molecule has 32 heavy (non-hydrogen) atoms. The minimum Gasteiger partial charge on any atom is -0.376 e. The maximum atomic E-state index is 13.7. The number of aromatic nitrogens is 4. The van der Waals surface area contributed by atoms with Crippen molar-refractivity contribution in [2.45, 2.75) is 69.0 Å². The lowest BCUT2D eigenvalue weighted by atomic mass is 9.97. The van der Waals surface area contributed by atoms with Crippen LogP contribution in [0, 0.1) is 6.92 Å². The van der Waals surface area contributed by atoms with E-state index in [2.05, 4.69) is 29.8 Å². The molecule has 0 amide bonds. The van der Waals surface area contributed by atoms with Gasteiger partial charge in [0.1, 0.15) is 10.5 Å². The number of hydrogen-bond donors (Lipinski definition) is 0. The first-order chi connectivity index (χ1) is 15.7. The highest BCUT2D eigenvalue weighted by Crippen LogP contribution is 2.35. The molecule has 4 aromatic heterocycles. The highest BCUT2D eigenvalue weighted by molar-refractivity contribution is 7.98. The summed E-state index contributed by atoms with van der Waals surface area (Å²) in [5.74, 6) is 0.676. The fourth-order valence-electron chi connectivity index (χ4n) is 4.85. The van der Waals surface area contributed by atoms with Crippen molar-refractivity contribution in [3.63, 3.8) is 0 Å². The van der Waals surface area contributed by atoms with Crippen molar-refractivity contribution in [1.29, 1.82) is 0 Å². The van der Waals surface area contributed by atoms with Gasteiger partial charge in [0.15, 0.2) is 5.16 Å². The number of aryl methyl sites for hydroxylation is 3. The third-order valence-corrected chi connectivity index (χ3v) is 8.64. The topological polar surface area (TPSA) is 61.4 Å². The second-order valence-electron chi connectivity index (χ2n) is 8.83. The van der Waals surface area contributed by atoms with Gasteiger partial charge in [-0.25, -0.2) is 9.97 Å². The van der Waals surface area contributed by atoms with Gasteiger partial charge >= 0.3 is 0 Å². The highest BCUT2D eigenvalue weighted by atomic mass is 32.2. The molecule has 0 aromatic carbocycles. The summed E-state index contributed by atoms with van der Waals surface area (Å²) in [5, 5.41) is 1.64. The molecule has 4 aromatic rings. The maximum Gasteiger partial charge on any atom is 0.263 e. The molecule has 0 bridgehead atoms. The van der Waals surface area contributed by atoms with E-state index in [9.17, 15) is 4.79 Å². The van der Waals surface area contributed by atoms with Gasteiger partial charge in [0.2, 0.25) is 0 Å². The summed E-state index contributed by atoms with van der Waals surface area (Å²) in [4.78, 5) is 25.7. The first-order valence-electron chi connectivity index (χ1n) is 11.4. The minimum atomic E-state index is 0.0962. The molecule has 1 aliphatic heterocycles. The van der Waals surface area contributed by atoms with E-state index in [0.717, 1.165) is 65.4 Å². The highest BCUT2D eigenvalue weighted by Gasteiger charge is 2.25. The Bertz CT molecular complexity index is 1360. The Labute approximate surface area is 194 Å². The second kappa shape index (κ2) is 8.32. The summed E-state index contributed by atoms with van der Waals surface area (Å²) < 4.78 is 9.82. The molecule has 0 saturated carbocycles. The largest absolute Gasteiger partial charge is 0.376 e. The number of rotatable bonds is 5. The zero-order chi connectivity index (χ0) is 21.7. The maximum absolute atomic E-state index is 13.7. The van der Waals surface area contributed by atoms with Crippen LogP contribution < -0.4 is 5.56 Å². The first kappa shape index (κ1) is 20.4. The van der Waals surface area contributed by atoms with E-state index in [4.69, 9.17) is 14.7 Å². The molecule has 1 unspecified atom stereocenters. The van der Waals surface area contributed by atoms with E-state index in [-0.39, 0.29) is 11.7 Å². The van der Waals surface area contributed by atoms with Crippen molar-refractivity contribution < 1.29 is 4.74 Å². The van der Waals surface area contributed by atoms with E-state index in [1.54, 1.807) is 23.1 Å². The van der Waals surface area contributed by atoms with Crippen LogP contribution in [0.5, 0.6) is 0 Å². The van der Waals surface area contributed by atoms with Crippen molar-refractivity contribution in [2.24, 2.45) is 0 Å². The molecule has 1 atom stereocenters. The van der Waals surface area contributed by atoms with Gasteiger partial charge in [-0.1, -0.05) is 17.8 Å². The van der Waals surface area contributed by atoms with Crippen LogP contribution in [0.2, 0.25) is 0 Å². The molecule has 1 saturated heterocycles. The van der Waals surface area contributed by atoms with Crippen molar-refractivity contribution >= 4 is 39.0 Å². The van der Waals surface area contributed by atoms with Crippen LogP contribution in [0.15, 0.2) is 34.5 Å². The predicted molar refractivity (Wildman–Crippen MR) is 129 cm³/mol. The molecule has 1 fully saturated rings. The molecule has 0 spiro atoms. The van der Waals surface area contributed by atoms with Crippen LogP contribution in [0.4, 0.5) is 0 Å². The lowest BCUT2D eigenvalue weighted by Gasteiger charge is -2.16. The van der Waals surface area contributed by atoms with Crippen molar-refractivity contribution in [1.82, 2.24) is 18.9 Å². The zero-order valence-electron chi connectivity index (χ0n) is 18.2. The van der Waals surface area contributed by atoms with E-state index in [0.29, 0.717) is 12.3 Å². The predicted octanol–water partition coefficient (Wildman–Crippen LogP) is 4.76. The molecule has 6 rings (SSSR count). The Kier molecular flexibility index (Phi) is 5.31. The number of pyridine rings is 1. The van der Waals surface area contributed by atoms with E-state index < -0.39 is 0 Å². The van der Waals surface area contributed by atoms with Gasteiger partial charge in [0.05, 0.1) is 23.7 Å². The summed E-state index contributed by atoms with van der Waals surface area (Å²) in [6.45, 7) is 3.45. The van der Waals surface area contributed by atoms with Crippen LogP contribution in [0.3, 0.4) is 0 Å². The van der Waals surface area contributed by atoms with Gasteiger partial charge in [-0.3, -0.25) is 9.36 Å². The summed E-state index contributed by atoms with van der Waals surface area (Å²) in [6.07, 6.45) is 10.8. The number of fused-ring (bicyclic) bond motifs is 4. The SMILES string of the molecule is Cc1ccc2nc(CSc3nc4sc5c(c4c(=O)n3CC3CCCO3)CCCC5)cn2c1. The third-order valence-electron chi connectivity index (χ3n) is 6.45. The molecule has 166 valence electrons. The average Bonchev–Trinajstić information content (AvgIpc) is 3.52. The molecule has 1 aliphatic carbocycles. The minimum absolute atomic E-state index is 0.0962. The Hall–Kier alpha value is -2.16. The third kappa shape index (κ3) is 3.68. The van der Waals surface area contributed by atoms with Gasteiger partial charge in [-0.2, -0.15) is 0 Å². The van der Waals surface area contributed by atoms with Crippen LogP contribution in [-0.2, 0) is 29.9 Å². The monoisotopic (exact) mass is 466 g/mol. The van der Waals surface area contributed by atoms with Crippen molar-refractivity contribution in [3.8, 4) is 0 Å². The normalized spacial score (nSPS) is 18.6. The standard InChI is InChI=1S/C24H26N4O2S2/c1-15-8-9-20-25-16(12-27(20)11-15)14-31-24-26-22-21(18-6-2-3-7-19(18)32-22)23(29)28(24)13-17-5-4-10-30-17/h8-9,11-12,17H,2-7,10,13-14H2,1H3. The van der Waals surface area contributed by atoms with Crippen LogP contribution in [-0.4, -0.2) is 31.6 Å². The fraction of sp³-hybridized carbons (Fsp3) is 0.458. The Balaban J connectivity index is 1.38. The zero-order valence-corrected chi connectivity index (χ0v) is 19.8. The van der Waals surface area contributed by atoms with Crippen LogP contribution in [0.25, 0.3) is 15.9 Å². The van der Waals surface area contributed by atoms with E-state index in [1.165, 1.54) is 22.4 Å². The number of hydrogen-bond acceptors (Lipinski definition) is 6. The summed E-state index contributed by atoms with van der Waals surface area (Å²) >= 11 is 3.32. The van der Waals surface area contributed by atoms with Gasteiger partial charge in [0.25, 0.3) is 5.56 Å². The Morgan fingerprint density at radius 3 is 2.97 bits per heavy atom.